The van der Waals surface area contributed by atoms with Gasteiger partial charge in [0.25, 0.3) is 0 Å². The molecule has 0 aliphatic heterocycles. The smallest absolute Gasteiger partial charge is 0.0916 e. The molecule has 1 rings (SSSR count). The standard InChI is InChI=1S/C11H15NO3/c1-12(8-11(14)15)7-10(13)9-5-3-2-4-6-9/h2-6,10,13H,7-8H2,1H3,(H,14,15)/p-1. The second-order valence-electron chi connectivity index (χ2n) is 3.50. The minimum Gasteiger partial charge on any atom is -0.549 e. The SMILES string of the molecule is CN(CC(=O)[O-])CC(O)c1ccccc1. The van der Waals surface area contributed by atoms with Crippen LogP contribution in [0.2, 0.25) is 0 Å². The average Bonchev–Trinajstić information content (AvgIpc) is 2.17. The highest BCUT2D eigenvalue weighted by Crippen LogP contribution is 2.12. The van der Waals surface area contributed by atoms with Gasteiger partial charge in [-0.1, -0.05) is 30.3 Å². The minimum absolute atomic E-state index is 0.177. The van der Waals surface area contributed by atoms with Gasteiger partial charge in [-0.05, 0) is 12.6 Å². The molecule has 15 heavy (non-hydrogen) atoms. The number of aliphatic carboxylic acids is 1. The van der Waals surface area contributed by atoms with Crippen LogP contribution in [-0.2, 0) is 4.79 Å². The first-order chi connectivity index (χ1) is 7.09. The van der Waals surface area contributed by atoms with E-state index in [4.69, 9.17) is 0 Å². The molecule has 0 aliphatic rings. The molecule has 1 atom stereocenters. The summed E-state index contributed by atoms with van der Waals surface area (Å²) in [5, 5.41) is 20.0. The van der Waals surface area contributed by atoms with E-state index in [9.17, 15) is 15.0 Å². The summed E-state index contributed by atoms with van der Waals surface area (Å²) in [7, 11) is 1.63. The van der Waals surface area contributed by atoms with Crippen LogP contribution in [0.4, 0.5) is 0 Å². The molecule has 0 spiro atoms. The molecule has 1 N–H and O–H groups in total. The summed E-state index contributed by atoms with van der Waals surface area (Å²) in [6.07, 6.45) is -0.671. The van der Waals surface area contributed by atoms with E-state index in [1.54, 1.807) is 19.2 Å². The molecule has 0 aromatic heterocycles. The van der Waals surface area contributed by atoms with Gasteiger partial charge in [-0.25, -0.2) is 0 Å². The van der Waals surface area contributed by atoms with Crippen molar-refractivity contribution in [3.05, 3.63) is 35.9 Å². The lowest BCUT2D eigenvalue weighted by Gasteiger charge is -2.20. The molecule has 82 valence electrons. The van der Waals surface area contributed by atoms with Crippen LogP contribution in [0, 0.1) is 0 Å². The maximum atomic E-state index is 10.3. The second kappa shape index (κ2) is 5.48. The summed E-state index contributed by atoms with van der Waals surface area (Å²) >= 11 is 0. The first-order valence-corrected chi connectivity index (χ1v) is 4.71. The summed E-state index contributed by atoms with van der Waals surface area (Å²) < 4.78 is 0. The largest absolute Gasteiger partial charge is 0.549 e. The Hall–Kier alpha value is -1.39. The predicted octanol–water partition coefficient (Wildman–Crippen LogP) is -0.598. The lowest BCUT2D eigenvalue weighted by Crippen LogP contribution is -2.37. The number of carboxylic acids is 1. The van der Waals surface area contributed by atoms with Crippen LogP contribution >= 0.6 is 0 Å². The number of carboxylic acid groups (broad SMARTS) is 1. The maximum Gasteiger partial charge on any atom is 0.0916 e. The molecule has 4 nitrogen and oxygen atoms in total. The number of nitrogens with zero attached hydrogens (tertiary/aromatic N) is 1. The van der Waals surface area contributed by atoms with Crippen LogP contribution < -0.4 is 5.11 Å². The summed E-state index contributed by atoms with van der Waals surface area (Å²) in [5.41, 5.74) is 0.780. The van der Waals surface area contributed by atoms with Crippen molar-refractivity contribution >= 4 is 5.97 Å². The van der Waals surface area contributed by atoms with E-state index in [1.807, 2.05) is 18.2 Å². The van der Waals surface area contributed by atoms with E-state index in [-0.39, 0.29) is 13.1 Å². The van der Waals surface area contributed by atoms with Gasteiger partial charge in [0.1, 0.15) is 0 Å². The molecule has 0 heterocycles. The highest BCUT2D eigenvalue weighted by molar-refractivity contribution is 5.66. The number of benzene rings is 1. The van der Waals surface area contributed by atoms with Gasteiger partial charge in [0.05, 0.1) is 12.1 Å². The molecule has 4 heteroatoms. The average molecular weight is 208 g/mol. The monoisotopic (exact) mass is 208 g/mol. The first kappa shape index (κ1) is 11.7. The van der Waals surface area contributed by atoms with E-state index in [0.29, 0.717) is 0 Å². The first-order valence-electron chi connectivity index (χ1n) is 4.71. The highest BCUT2D eigenvalue weighted by atomic mass is 16.4. The van der Waals surface area contributed by atoms with Gasteiger partial charge in [0.2, 0.25) is 0 Å². The second-order valence-corrected chi connectivity index (χ2v) is 3.50. The minimum atomic E-state index is -1.14. The molecule has 0 aliphatic carbocycles. The number of carbonyl (C=O) groups is 1. The fraction of sp³-hybridized carbons (Fsp3) is 0.364. The van der Waals surface area contributed by atoms with E-state index in [2.05, 4.69) is 0 Å². The Labute approximate surface area is 88.8 Å². The summed E-state index contributed by atoms with van der Waals surface area (Å²) in [6.45, 7) is 0.0991. The molecule has 1 aromatic carbocycles. The summed E-state index contributed by atoms with van der Waals surface area (Å²) in [6, 6.07) is 9.13. The molecule has 0 bridgehead atoms. The third-order valence-corrected chi connectivity index (χ3v) is 2.07. The van der Waals surface area contributed by atoms with Crippen molar-refractivity contribution in [2.45, 2.75) is 6.10 Å². The fourth-order valence-electron chi connectivity index (χ4n) is 1.36. The Morgan fingerprint density at radius 2 is 2.07 bits per heavy atom. The number of rotatable bonds is 5. The van der Waals surface area contributed by atoms with Gasteiger partial charge in [-0.15, -0.1) is 0 Å². The third-order valence-electron chi connectivity index (χ3n) is 2.07. The van der Waals surface area contributed by atoms with E-state index < -0.39 is 12.1 Å². The lowest BCUT2D eigenvalue weighted by molar-refractivity contribution is -0.306. The Balaban J connectivity index is 2.49. The maximum absolute atomic E-state index is 10.3. The predicted molar refractivity (Wildman–Crippen MR) is 53.9 cm³/mol. The zero-order valence-electron chi connectivity index (χ0n) is 8.59. The van der Waals surface area contributed by atoms with Gasteiger partial charge in [0, 0.05) is 13.1 Å². The number of aliphatic hydroxyl groups excluding tert-OH is 1. The van der Waals surface area contributed by atoms with Gasteiger partial charge in [-0.2, -0.15) is 0 Å². The molecular weight excluding hydrogens is 194 g/mol. The Morgan fingerprint density at radius 3 is 2.60 bits per heavy atom. The number of likely N-dealkylation sites (N-methyl/N-ethyl adjacent to an activating group) is 1. The summed E-state index contributed by atoms with van der Waals surface area (Å²) in [4.78, 5) is 11.8. The number of aliphatic hydroxyl groups is 1. The van der Waals surface area contributed by atoms with Crippen LogP contribution in [0.15, 0.2) is 30.3 Å². The lowest BCUT2D eigenvalue weighted by atomic mass is 10.1. The highest BCUT2D eigenvalue weighted by Gasteiger charge is 2.09. The van der Waals surface area contributed by atoms with Crippen LogP contribution in [0.3, 0.4) is 0 Å². The molecule has 0 radical (unpaired) electrons. The van der Waals surface area contributed by atoms with E-state index in [0.717, 1.165) is 5.56 Å². The topological polar surface area (TPSA) is 63.6 Å². The van der Waals surface area contributed by atoms with Gasteiger partial charge in [-0.3, -0.25) is 4.90 Å². The van der Waals surface area contributed by atoms with Crippen molar-refractivity contribution < 1.29 is 15.0 Å². The third kappa shape index (κ3) is 4.10. The van der Waals surface area contributed by atoms with Crippen LogP contribution in [0.1, 0.15) is 11.7 Å². The molecule has 1 aromatic rings. The fourth-order valence-corrected chi connectivity index (χ4v) is 1.36. The van der Waals surface area contributed by atoms with E-state index >= 15 is 0 Å². The molecule has 0 amide bonds. The van der Waals surface area contributed by atoms with Crippen LogP contribution in [0.25, 0.3) is 0 Å². The van der Waals surface area contributed by atoms with Crippen molar-refractivity contribution in [1.29, 1.82) is 0 Å². The Bertz CT molecular complexity index is 313. The zero-order chi connectivity index (χ0) is 11.3. The van der Waals surface area contributed by atoms with Gasteiger partial charge < -0.3 is 15.0 Å². The Morgan fingerprint density at radius 1 is 1.47 bits per heavy atom. The van der Waals surface area contributed by atoms with Crippen molar-refractivity contribution in [3.8, 4) is 0 Å². The quantitative estimate of drug-likeness (QED) is 0.702. The van der Waals surface area contributed by atoms with Crippen molar-refractivity contribution in [2.75, 3.05) is 20.1 Å². The number of carbonyl (C=O) groups excluding carboxylic acids is 1. The normalized spacial score (nSPS) is 12.7. The summed E-state index contributed by atoms with van der Waals surface area (Å²) in [5.74, 6) is -1.14. The Kier molecular flexibility index (Phi) is 4.27. The van der Waals surface area contributed by atoms with Crippen LogP contribution in [0.5, 0.6) is 0 Å². The van der Waals surface area contributed by atoms with Crippen molar-refractivity contribution in [3.63, 3.8) is 0 Å². The number of hydrogen-bond donors (Lipinski definition) is 1. The molecule has 0 fully saturated rings. The number of hydrogen-bond acceptors (Lipinski definition) is 4. The van der Waals surface area contributed by atoms with Gasteiger partial charge in [0.15, 0.2) is 0 Å². The molecular formula is C11H14NO3-. The molecule has 0 saturated heterocycles. The van der Waals surface area contributed by atoms with Gasteiger partial charge >= 0.3 is 0 Å². The van der Waals surface area contributed by atoms with Crippen molar-refractivity contribution in [2.24, 2.45) is 0 Å². The molecule has 0 saturated carbocycles. The van der Waals surface area contributed by atoms with Crippen molar-refractivity contribution in [1.82, 2.24) is 4.90 Å². The zero-order valence-corrected chi connectivity index (χ0v) is 8.59. The van der Waals surface area contributed by atoms with E-state index in [1.165, 1.54) is 4.90 Å². The van der Waals surface area contributed by atoms with Crippen LogP contribution in [-0.4, -0.2) is 36.1 Å². The molecule has 1 unspecified atom stereocenters.